The first-order valence-corrected chi connectivity index (χ1v) is 5.24. The molecule has 1 aromatic carbocycles. The summed E-state index contributed by atoms with van der Waals surface area (Å²) < 4.78 is 0. The fourth-order valence-corrected chi connectivity index (χ4v) is 1.74. The van der Waals surface area contributed by atoms with Crippen LogP contribution in [-0.4, -0.2) is 19.0 Å². The molecule has 0 heterocycles. The van der Waals surface area contributed by atoms with Crippen LogP contribution in [0, 0.1) is 6.92 Å². The molecule has 0 fully saturated rings. The summed E-state index contributed by atoms with van der Waals surface area (Å²) in [6.07, 6.45) is 0. The quantitative estimate of drug-likeness (QED) is 0.857. The SMILES string of the molecule is CCN(C(=O)CN)c1ccc(Cl)cc1C. The summed E-state index contributed by atoms with van der Waals surface area (Å²) in [5.74, 6) is -0.0806. The summed E-state index contributed by atoms with van der Waals surface area (Å²) in [5, 5.41) is 0.674. The van der Waals surface area contributed by atoms with Crippen molar-refractivity contribution in [1.29, 1.82) is 0 Å². The normalized spacial score (nSPS) is 10.1. The van der Waals surface area contributed by atoms with Gasteiger partial charge in [0.1, 0.15) is 0 Å². The van der Waals surface area contributed by atoms with E-state index >= 15 is 0 Å². The summed E-state index contributed by atoms with van der Waals surface area (Å²) in [6, 6.07) is 5.45. The molecular weight excluding hydrogens is 212 g/mol. The van der Waals surface area contributed by atoms with E-state index in [-0.39, 0.29) is 12.5 Å². The highest BCUT2D eigenvalue weighted by Gasteiger charge is 2.13. The lowest BCUT2D eigenvalue weighted by atomic mass is 10.2. The first-order valence-electron chi connectivity index (χ1n) is 4.86. The molecular formula is C11H15ClN2O. The van der Waals surface area contributed by atoms with Crippen molar-refractivity contribution in [2.45, 2.75) is 13.8 Å². The molecule has 0 unspecified atom stereocenters. The van der Waals surface area contributed by atoms with Crippen LogP contribution < -0.4 is 10.6 Å². The minimum absolute atomic E-state index is 0.0237. The number of likely N-dealkylation sites (N-methyl/N-ethyl adjacent to an activating group) is 1. The maximum Gasteiger partial charge on any atom is 0.240 e. The molecule has 82 valence electrons. The first-order chi connectivity index (χ1) is 7.10. The van der Waals surface area contributed by atoms with E-state index in [2.05, 4.69) is 0 Å². The molecule has 0 aromatic heterocycles. The second kappa shape index (κ2) is 5.14. The average molecular weight is 227 g/mol. The molecule has 15 heavy (non-hydrogen) atoms. The molecule has 0 atom stereocenters. The van der Waals surface area contributed by atoms with E-state index in [0.29, 0.717) is 11.6 Å². The van der Waals surface area contributed by atoms with Gasteiger partial charge in [-0.15, -0.1) is 0 Å². The summed E-state index contributed by atoms with van der Waals surface area (Å²) in [4.78, 5) is 13.2. The van der Waals surface area contributed by atoms with Gasteiger partial charge in [-0.25, -0.2) is 0 Å². The van der Waals surface area contributed by atoms with Crippen LogP contribution in [0.1, 0.15) is 12.5 Å². The number of carbonyl (C=O) groups is 1. The largest absolute Gasteiger partial charge is 0.322 e. The van der Waals surface area contributed by atoms with Gasteiger partial charge >= 0.3 is 0 Å². The van der Waals surface area contributed by atoms with Crippen LogP contribution in [0.4, 0.5) is 5.69 Å². The van der Waals surface area contributed by atoms with Crippen LogP contribution in [-0.2, 0) is 4.79 Å². The van der Waals surface area contributed by atoms with E-state index < -0.39 is 0 Å². The van der Waals surface area contributed by atoms with Crippen molar-refractivity contribution in [3.63, 3.8) is 0 Å². The van der Waals surface area contributed by atoms with Gasteiger partial charge in [0.05, 0.1) is 6.54 Å². The highest BCUT2D eigenvalue weighted by molar-refractivity contribution is 6.30. The zero-order chi connectivity index (χ0) is 11.4. The predicted molar refractivity (Wildman–Crippen MR) is 63.3 cm³/mol. The summed E-state index contributed by atoms with van der Waals surface area (Å²) >= 11 is 5.85. The second-order valence-electron chi connectivity index (χ2n) is 3.27. The molecule has 0 radical (unpaired) electrons. The highest BCUT2D eigenvalue weighted by Crippen LogP contribution is 2.23. The Bertz CT molecular complexity index is 366. The molecule has 0 aliphatic rings. The van der Waals surface area contributed by atoms with Crippen LogP contribution in [0.5, 0.6) is 0 Å². The van der Waals surface area contributed by atoms with Crippen molar-refractivity contribution < 1.29 is 4.79 Å². The molecule has 1 rings (SSSR count). The third-order valence-electron chi connectivity index (χ3n) is 2.24. The molecule has 0 aliphatic heterocycles. The third kappa shape index (κ3) is 2.70. The van der Waals surface area contributed by atoms with E-state index in [1.54, 1.807) is 11.0 Å². The molecule has 4 heteroatoms. The maximum atomic E-state index is 11.5. The molecule has 1 amide bonds. The number of nitrogens with two attached hydrogens (primary N) is 1. The van der Waals surface area contributed by atoms with Crippen LogP contribution in [0.2, 0.25) is 5.02 Å². The summed E-state index contributed by atoms with van der Waals surface area (Å²) in [7, 11) is 0. The number of amides is 1. The fourth-order valence-electron chi connectivity index (χ4n) is 1.51. The summed E-state index contributed by atoms with van der Waals surface area (Å²) in [5.41, 5.74) is 7.20. The Morgan fingerprint density at radius 2 is 2.20 bits per heavy atom. The molecule has 2 N–H and O–H groups in total. The van der Waals surface area contributed by atoms with Gasteiger partial charge in [-0.05, 0) is 37.6 Å². The number of hydrogen-bond donors (Lipinski definition) is 1. The van der Waals surface area contributed by atoms with Gasteiger partial charge in [-0.1, -0.05) is 11.6 Å². The highest BCUT2D eigenvalue weighted by atomic mass is 35.5. The van der Waals surface area contributed by atoms with Gasteiger partial charge in [0.25, 0.3) is 0 Å². The van der Waals surface area contributed by atoms with E-state index in [0.717, 1.165) is 11.3 Å². The lowest BCUT2D eigenvalue weighted by Gasteiger charge is -2.22. The molecule has 1 aromatic rings. The monoisotopic (exact) mass is 226 g/mol. The van der Waals surface area contributed by atoms with Crippen molar-refractivity contribution in [1.82, 2.24) is 0 Å². The lowest BCUT2D eigenvalue weighted by molar-refractivity contribution is -0.117. The predicted octanol–water partition coefficient (Wildman–Crippen LogP) is 1.96. The number of rotatable bonds is 3. The molecule has 0 bridgehead atoms. The van der Waals surface area contributed by atoms with Crippen molar-refractivity contribution >= 4 is 23.2 Å². The molecule has 3 nitrogen and oxygen atoms in total. The number of anilines is 1. The first kappa shape index (κ1) is 12.0. The third-order valence-corrected chi connectivity index (χ3v) is 2.48. The van der Waals surface area contributed by atoms with Crippen molar-refractivity contribution in [3.05, 3.63) is 28.8 Å². The van der Waals surface area contributed by atoms with E-state index in [9.17, 15) is 4.79 Å². The van der Waals surface area contributed by atoms with Gasteiger partial charge in [-0.2, -0.15) is 0 Å². The number of hydrogen-bond acceptors (Lipinski definition) is 2. The van der Waals surface area contributed by atoms with Crippen molar-refractivity contribution in [2.75, 3.05) is 18.0 Å². The molecule has 0 saturated carbocycles. The Labute approximate surface area is 94.8 Å². The smallest absolute Gasteiger partial charge is 0.240 e. The van der Waals surface area contributed by atoms with Gasteiger partial charge in [-0.3, -0.25) is 4.79 Å². The van der Waals surface area contributed by atoms with Gasteiger partial charge in [0.15, 0.2) is 0 Å². The van der Waals surface area contributed by atoms with E-state index in [4.69, 9.17) is 17.3 Å². The fraction of sp³-hybridized carbons (Fsp3) is 0.364. The van der Waals surface area contributed by atoms with Crippen LogP contribution in [0.25, 0.3) is 0 Å². The molecule has 0 spiro atoms. The molecule has 0 aliphatic carbocycles. The number of nitrogens with zero attached hydrogens (tertiary/aromatic N) is 1. The zero-order valence-corrected chi connectivity index (χ0v) is 9.71. The minimum Gasteiger partial charge on any atom is -0.322 e. The number of aryl methyl sites for hydroxylation is 1. The minimum atomic E-state index is -0.0806. The second-order valence-corrected chi connectivity index (χ2v) is 3.71. The number of benzene rings is 1. The topological polar surface area (TPSA) is 46.3 Å². The Morgan fingerprint density at radius 3 is 2.67 bits per heavy atom. The average Bonchev–Trinajstić information content (AvgIpc) is 2.21. The Kier molecular flexibility index (Phi) is 4.12. The van der Waals surface area contributed by atoms with Crippen LogP contribution in [0.3, 0.4) is 0 Å². The van der Waals surface area contributed by atoms with Gasteiger partial charge in [0, 0.05) is 17.3 Å². The van der Waals surface area contributed by atoms with Crippen molar-refractivity contribution in [2.24, 2.45) is 5.73 Å². The van der Waals surface area contributed by atoms with Crippen molar-refractivity contribution in [3.8, 4) is 0 Å². The Hall–Kier alpha value is -1.06. The Balaban J connectivity index is 3.07. The lowest BCUT2D eigenvalue weighted by Crippen LogP contribution is -2.36. The van der Waals surface area contributed by atoms with Gasteiger partial charge in [0.2, 0.25) is 5.91 Å². The summed E-state index contributed by atoms with van der Waals surface area (Å²) in [6.45, 7) is 4.48. The standard InChI is InChI=1S/C11H15ClN2O/c1-3-14(11(15)7-13)10-5-4-9(12)6-8(10)2/h4-6H,3,7,13H2,1-2H3. The maximum absolute atomic E-state index is 11.5. The van der Waals surface area contributed by atoms with E-state index in [1.165, 1.54) is 0 Å². The van der Waals surface area contributed by atoms with Crippen LogP contribution in [0.15, 0.2) is 18.2 Å². The zero-order valence-electron chi connectivity index (χ0n) is 8.96. The molecule has 0 saturated heterocycles. The Morgan fingerprint density at radius 1 is 1.53 bits per heavy atom. The number of carbonyl (C=O) groups excluding carboxylic acids is 1. The van der Waals surface area contributed by atoms with E-state index in [1.807, 2.05) is 26.0 Å². The number of halogens is 1. The van der Waals surface area contributed by atoms with Gasteiger partial charge < -0.3 is 10.6 Å². The van der Waals surface area contributed by atoms with Crippen LogP contribution >= 0.6 is 11.6 Å².